The van der Waals surface area contributed by atoms with Crippen molar-refractivity contribution >= 4 is 5.91 Å². The van der Waals surface area contributed by atoms with Crippen LogP contribution in [0.2, 0.25) is 0 Å². The third kappa shape index (κ3) is 5.14. The number of amides is 1. The Bertz CT molecular complexity index is 399. The molecule has 0 fully saturated rings. The van der Waals surface area contributed by atoms with Gasteiger partial charge in [-0.2, -0.15) is 0 Å². The zero-order valence-corrected chi connectivity index (χ0v) is 11.4. The molecule has 5 nitrogen and oxygen atoms in total. The van der Waals surface area contributed by atoms with Crippen molar-refractivity contribution in [1.29, 1.82) is 0 Å². The van der Waals surface area contributed by atoms with Crippen LogP contribution in [-0.2, 0) is 11.3 Å². The lowest BCUT2D eigenvalue weighted by Crippen LogP contribution is -2.43. The molecular formula is C13H21N3O2. The molecule has 0 saturated heterocycles. The molecule has 0 atom stereocenters. The number of hydrogen-bond acceptors (Lipinski definition) is 4. The summed E-state index contributed by atoms with van der Waals surface area (Å²) in [6, 6.07) is 3.70. The fourth-order valence-electron chi connectivity index (χ4n) is 1.34. The Morgan fingerprint density at radius 1 is 1.44 bits per heavy atom. The molecule has 0 saturated carbocycles. The lowest BCUT2D eigenvalue weighted by atomic mass is 10.1. The number of pyridine rings is 1. The van der Waals surface area contributed by atoms with E-state index in [1.165, 1.54) is 0 Å². The third-order valence-corrected chi connectivity index (χ3v) is 2.30. The topological polar surface area (TPSA) is 63.2 Å². The number of hydrogen-bond donors (Lipinski definition) is 2. The van der Waals surface area contributed by atoms with Crippen LogP contribution in [0.15, 0.2) is 18.3 Å². The highest BCUT2D eigenvalue weighted by atomic mass is 16.5. The summed E-state index contributed by atoms with van der Waals surface area (Å²) < 4.78 is 5.11. The number of carbonyl (C=O) groups is 1. The first-order valence-electron chi connectivity index (χ1n) is 5.92. The van der Waals surface area contributed by atoms with Crippen molar-refractivity contribution < 1.29 is 9.53 Å². The highest BCUT2D eigenvalue weighted by Gasteiger charge is 2.11. The highest BCUT2D eigenvalue weighted by Crippen LogP contribution is 2.12. The fourth-order valence-corrected chi connectivity index (χ4v) is 1.34. The van der Waals surface area contributed by atoms with Gasteiger partial charge < -0.3 is 15.4 Å². The van der Waals surface area contributed by atoms with Crippen LogP contribution < -0.4 is 15.4 Å². The van der Waals surface area contributed by atoms with E-state index in [-0.39, 0.29) is 11.4 Å². The Hall–Kier alpha value is -1.62. The van der Waals surface area contributed by atoms with Gasteiger partial charge in [-0.15, -0.1) is 0 Å². The highest BCUT2D eigenvalue weighted by molar-refractivity contribution is 5.78. The molecule has 0 bridgehead atoms. The molecule has 5 heteroatoms. The van der Waals surface area contributed by atoms with Crippen molar-refractivity contribution in [3.8, 4) is 5.88 Å². The maximum atomic E-state index is 11.6. The van der Waals surface area contributed by atoms with Crippen LogP contribution in [0.5, 0.6) is 5.88 Å². The van der Waals surface area contributed by atoms with Gasteiger partial charge in [0, 0.05) is 23.8 Å². The van der Waals surface area contributed by atoms with E-state index in [9.17, 15) is 4.79 Å². The van der Waals surface area contributed by atoms with Gasteiger partial charge in [0.05, 0.1) is 13.7 Å². The normalized spacial score (nSPS) is 11.1. The van der Waals surface area contributed by atoms with E-state index < -0.39 is 0 Å². The second kappa shape index (κ2) is 6.35. The molecule has 1 aromatic heterocycles. The van der Waals surface area contributed by atoms with Crippen molar-refractivity contribution in [2.24, 2.45) is 0 Å². The van der Waals surface area contributed by atoms with Gasteiger partial charge in [0.25, 0.3) is 0 Å². The van der Waals surface area contributed by atoms with Crippen LogP contribution in [0.25, 0.3) is 0 Å². The molecule has 0 aliphatic carbocycles. The van der Waals surface area contributed by atoms with E-state index >= 15 is 0 Å². The fraction of sp³-hybridized carbons (Fsp3) is 0.538. The molecule has 0 unspecified atom stereocenters. The summed E-state index contributed by atoms with van der Waals surface area (Å²) in [5.41, 5.74) is 0.799. The second-order valence-corrected chi connectivity index (χ2v) is 5.05. The summed E-state index contributed by atoms with van der Waals surface area (Å²) in [6.07, 6.45) is 1.66. The maximum Gasteiger partial charge on any atom is 0.234 e. The van der Waals surface area contributed by atoms with E-state index in [1.54, 1.807) is 13.3 Å². The summed E-state index contributed by atoms with van der Waals surface area (Å²) in [7, 11) is 1.56. The van der Waals surface area contributed by atoms with Gasteiger partial charge in [-0.05, 0) is 26.8 Å². The van der Waals surface area contributed by atoms with E-state index in [4.69, 9.17) is 4.74 Å². The molecule has 18 heavy (non-hydrogen) atoms. The number of ether oxygens (including phenoxy) is 1. The van der Waals surface area contributed by atoms with E-state index in [0.29, 0.717) is 19.0 Å². The van der Waals surface area contributed by atoms with Gasteiger partial charge in [0.15, 0.2) is 0 Å². The largest absolute Gasteiger partial charge is 0.481 e. The van der Waals surface area contributed by atoms with Gasteiger partial charge >= 0.3 is 0 Å². The number of nitrogens with one attached hydrogen (secondary N) is 2. The number of nitrogens with zero attached hydrogens (tertiary/aromatic N) is 1. The zero-order valence-electron chi connectivity index (χ0n) is 11.4. The predicted molar refractivity (Wildman–Crippen MR) is 70.4 cm³/mol. The molecule has 1 heterocycles. The standard InChI is InChI=1S/C13H21N3O2/c1-13(2,3)16-9-11(17)15-8-10-6-5-7-14-12(10)18-4/h5-7,16H,8-9H2,1-4H3,(H,15,17). The van der Waals surface area contributed by atoms with Crippen LogP contribution in [-0.4, -0.2) is 30.1 Å². The Kier molecular flexibility index (Phi) is 5.09. The van der Waals surface area contributed by atoms with Gasteiger partial charge in [0.1, 0.15) is 0 Å². The van der Waals surface area contributed by atoms with E-state index in [0.717, 1.165) is 5.56 Å². The molecule has 0 radical (unpaired) electrons. The number of aromatic nitrogens is 1. The second-order valence-electron chi connectivity index (χ2n) is 5.05. The first-order valence-corrected chi connectivity index (χ1v) is 5.92. The Balaban J connectivity index is 2.43. The Morgan fingerprint density at radius 2 is 2.17 bits per heavy atom. The first-order chi connectivity index (χ1) is 8.42. The van der Waals surface area contributed by atoms with Crippen LogP contribution >= 0.6 is 0 Å². The van der Waals surface area contributed by atoms with E-state index in [2.05, 4.69) is 15.6 Å². The molecule has 1 amide bonds. The molecule has 1 rings (SSSR count). The SMILES string of the molecule is COc1ncccc1CNC(=O)CNC(C)(C)C. The first kappa shape index (κ1) is 14.4. The van der Waals surface area contributed by atoms with Crippen LogP contribution in [0, 0.1) is 0 Å². The molecule has 1 aromatic rings. The average Bonchev–Trinajstić information content (AvgIpc) is 2.33. The maximum absolute atomic E-state index is 11.6. The van der Waals surface area contributed by atoms with Crippen LogP contribution in [0.3, 0.4) is 0 Å². The summed E-state index contributed by atoms with van der Waals surface area (Å²) >= 11 is 0. The number of carbonyl (C=O) groups excluding carboxylic acids is 1. The van der Waals surface area contributed by atoms with Gasteiger partial charge in [0.2, 0.25) is 11.8 Å². The Morgan fingerprint density at radius 3 is 2.78 bits per heavy atom. The lowest BCUT2D eigenvalue weighted by Gasteiger charge is -2.20. The monoisotopic (exact) mass is 251 g/mol. The van der Waals surface area contributed by atoms with Crippen molar-refractivity contribution in [2.45, 2.75) is 32.9 Å². The van der Waals surface area contributed by atoms with E-state index in [1.807, 2.05) is 32.9 Å². The summed E-state index contributed by atoms with van der Waals surface area (Å²) in [4.78, 5) is 15.7. The minimum Gasteiger partial charge on any atom is -0.481 e. The average molecular weight is 251 g/mol. The van der Waals surface area contributed by atoms with Gasteiger partial charge in [-0.3, -0.25) is 4.79 Å². The number of methoxy groups -OCH3 is 1. The minimum atomic E-state index is -0.0661. The molecule has 100 valence electrons. The summed E-state index contributed by atoms with van der Waals surface area (Å²) in [5.74, 6) is 0.498. The van der Waals surface area contributed by atoms with Crippen molar-refractivity contribution in [3.63, 3.8) is 0 Å². The molecular weight excluding hydrogens is 230 g/mol. The molecule has 0 aliphatic heterocycles. The van der Waals surface area contributed by atoms with Crippen LogP contribution in [0.1, 0.15) is 26.3 Å². The van der Waals surface area contributed by atoms with Gasteiger partial charge in [-0.1, -0.05) is 6.07 Å². The summed E-state index contributed by atoms with van der Waals surface area (Å²) in [5, 5.41) is 5.95. The molecule has 2 N–H and O–H groups in total. The minimum absolute atomic E-state index is 0.0455. The van der Waals surface area contributed by atoms with Crippen molar-refractivity contribution in [2.75, 3.05) is 13.7 Å². The molecule has 0 spiro atoms. The lowest BCUT2D eigenvalue weighted by molar-refractivity contribution is -0.120. The Labute approximate surface area is 108 Å². The predicted octanol–water partition coefficient (Wildman–Crippen LogP) is 1.09. The smallest absolute Gasteiger partial charge is 0.234 e. The molecule has 0 aliphatic rings. The number of rotatable bonds is 5. The third-order valence-electron chi connectivity index (χ3n) is 2.30. The van der Waals surface area contributed by atoms with Gasteiger partial charge in [-0.25, -0.2) is 4.98 Å². The zero-order chi connectivity index (χ0) is 13.6. The van der Waals surface area contributed by atoms with Crippen molar-refractivity contribution in [3.05, 3.63) is 23.9 Å². The quantitative estimate of drug-likeness (QED) is 0.822. The van der Waals surface area contributed by atoms with Crippen molar-refractivity contribution in [1.82, 2.24) is 15.6 Å². The summed E-state index contributed by atoms with van der Waals surface area (Å²) in [6.45, 7) is 6.77. The molecule has 0 aromatic carbocycles. The van der Waals surface area contributed by atoms with Crippen LogP contribution in [0.4, 0.5) is 0 Å².